The number of benzene rings is 6. The van der Waals surface area contributed by atoms with E-state index >= 15 is 0 Å². The van der Waals surface area contributed by atoms with E-state index in [1.54, 1.807) is 0 Å². The van der Waals surface area contributed by atoms with E-state index in [1.807, 2.05) is 11.3 Å². The molecule has 40 heavy (non-hydrogen) atoms. The number of para-hydroxylation sites is 1. The van der Waals surface area contributed by atoms with Gasteiger partial charge >= 0.3 is 0 Å². The largest absolute Gasteiger partial charge is 0.366 e. The second kappa shape index (κ2) is 9.41. The zero-order chi connectivity index (χ0) is 26.5. The molecule has 3 heteroatoms. The predicted octanol–water partition coefficient (Wildman–Crippen LogP) is 10.1. The van der Waals surface area contributed by atoms with Crippen LogP contribution in [0.4, 0.5) is 11.4 Å². The molecule has 1 aliphatic rings. The smallest absolute Gasteiger partial charge is 0.111 e. The predicted molar refractivity (Wildman–Crippen MR) is 172 cm³/mol. The minimum atomic E-state index is 0.815. The lowest BCUT2D eigenvalue weighted by Gasteiger charge is -2.30. The van der Waals surface area contributed by atoms with Gasteiger partial charge in [-0.15, -0.1) is 11.3 Å². The number of nitrogens with one attached hydrogen (secondary N) is 1. The van der Waals surface area contributed by atoms with Crippen LogP contribution in [0, 0.1) is 0 Å². The quantitative estimate of drug-likeness (QED) is 0.243. The fraction of sp³-hybridized carbons (Fsp3) is 0.0270. The maximum absolute atomic E-state index is 3.74. The minimum absolute atomic E-state index is 0.815. The highest BCUT2D eigenvalue weighted by Crippen LogP contribution is 2.40. The maximum atomic E-state index is 3.74. The molecule has 1 N–H and O–H groups in total. The van der Waals surface area contributed by atoms with E-state index in [0.29, 0.717) is 0 Å². The molecule has 2 nitrogen and oxygen atoms in total. The van der Waals surface area contributed by atoms with Crippen molar-refractivity contribution in [2.75, 3.05) is 4.90 Å². The van der Waals surface area contributed by atoms with Gasteiger partial charge in [-0.1, -0.05) is 91.0 Å². The van der Waals surface area contributed by atoms with E-state index in [0.717, 1.165) is 23.7 Å². The Morgan fingerprint density at radius 2 is 1.18 bits per heavy atom. The molecule has 190 valence electrons. The van der Waals surface area contributed by atoms with Crippen molar-refractivity contribution in [1.82, 2.24) is 5.32 Å². The number of thiophene rings is 1. The Morgan fingerprint density at radius 1 is 0.550 bits per heavy atom. The second-order valence-corrected chi connectivity index (χ2v) is 11.4. The van der Waals surface area contributed by atoms with Crippen LogP contribution in [0.2, 0.25) is 0 Å². The fourth-order valence-corrected chi connectivity index (χ4v) is 6.97. The molecule has 0 saturated carbocycles. The summed E-state index contributed by atoms with van der Waals surface area (Å²) in [5.74, 6) is 1.09. The van der Waals surface area contributed by atoms with Crippen molar-refractivity contribution in [2.45, 2.75) is 6.54 Å². The molecule has 0 unspecified atom stereocenters. The molecular weight excluding hydrogens is 504 g/mol. The molecule has 2 heterocycles. The van der Waals surface area contributed by atoms with Crippen LogP contribution >= 0.6 is 11.3 Å². The lowest BCUT2D eigenvalue weighted by atomic mass is 10.0. The second-order valence-electron chi connectivity index (χ2n) is 10.3. The molecule has 0 spiro atoms. The van der Waals surface area contributed by atoms with Gasteiger partial charge in [-0.3, -0.25) is 4.90 Å². The highest BCUT2D eigenvalue weighted by atomic mass is 32.1. The van der Waals surface area contributed by atoms with E-state index < -0.39 is 0 Å². The zero-order valence-electron chi connectivity index (χ0n) is 21.8. The number of hydrogen-bond acceptors (Lipinski definition) is 3. The minimum Gasteiger partial charge on any atom is -0.366 e. The summed E-state index contributed by atoms with van der Waals surface area (Å²) < 4.78 is 1.34. The summed E-state index contributed by atoms with van der Waals surface area (Å²) >= 11 is 1.89. The highest BCUT2D eigenvalue weighted by molar-refractivity contribution is 7.19. The Hall–Kier alpha value is -4.86. The van der Waals surface area contributed by atoms with Crippen LogP contribution in [-0.4, -0.2) is 0 Å². The van der Waals surface area contributed by atoms with Crippen LogP contribution in [0.3, 0.4) is 0 Å². The normalized spacial score (nSPS) is 12.8. The van der Waals surface area contributed by atoms with Gasteiger partial charge in [-0.2, -0.15) is 0 Å². The Labute approximate surface area is 237 Å². The van der Waals surface area contributed by atoms with E-state index in [2.05, 4.69) is 150 Å². The molecule has 0 radical (unpaired) electrons. The van der Waals surface area contributed by atoms with Crippen LogP contribution in [0.1, 0.15) is 10.4 Å². The number of hydrogen-bond donors (Lipinski definition) is 1. The molecule has 0 aliphatic carbocycles. The van der Waals surface area contributed by atoms with Gasteiger partial charge in [0.15, 0.2) is 0 Å². The van der Waals surface area contributed by atoms with Crippen molar-refractivity contribution < 1.29 is 0 Å². The number of rotatable bonds is 4. The SMILES string of the molecule is C1=C(N(c2ccccc2)c2ccc(-c3ccc4ccccc4c3)cc2)NCc2sc3cc4ccccc4cc3c21. The summed E-state index contributed by atoms with van der Waals surface area (Å²) in [4.78, 5) is 3.71. The monoisotopic (exact) mass is 530 g/mol. The molecule has 0 amide bonds. The van der Waals surface area contributed by atoms with Crippen molar-refractivity contribution in [2.24, 2.45) is 0 Å². The summed E-state index contributed by atoms with van der Waals surface area (Å²) in [5.41, 5.74) is 6.03. The zero-order valence-corrected chi connectivity index (χ0v) is 22.7. The van der Waals surface area contributed by atoms with Crippen LogP contribution in [0.5, 0.6) is 0 Å². The van der Waals surface area contributed by atoms with Crippen molar-refractivity contribution >= 4 is 60.4 Å². The van der Waals surface area contributed by atoms with Gasteiger partial charge in [0, 0.05) is 31.9 Å². The molecular formula is C37H26N2S. The molecule has 1 aliphatic heterocycles. The molecule has 0 fully saturated rings. The van der Waals surface area contributed by atoms with Gasteiger partial charge in [-0.25, -0.2) is 0 Å². The van der Waals surface area contributed by atoms with E-state index in [4.69, 9.17) is 0 Å². The first-order chi connectivity index (χ1) is 19.8. The molecule has 0 atom stereocenters. The Morgan fingerprint density at radius 3 is 1.95 bits per heavy atom. The van der Waals surface area contributed by atoms with Crippen LogP contribution in [0.25, 0.3) is 48.8 Å². The Kier molecular flexibility index (Phi) is 5.42. The lowest BCUT2D eigenvalue weighted by Crippen LogP contribution is -2.29. The topological polar surface area (TPSA) is 15.3 Å². The summed E-state index contributed by atoms with van der Waals surface area (Å²) in [6.07, 6.45) is 2.33. The Bertz CT molecular complexity index is 2050. The standard InChI is InChI=1S/C37H26N2S/c1-2-12-31(13-3-1)39(32-18-16-26(17-19-32)30-15-14-25-8-4-5-9-27(25)20-30)37-23-34-33-21-28-10-6-7-11-29(28)22-35(33)40-36(34)24-38-37/h1-23,38H,24H2. The van der Waals surface area contributed by atoms with E-state index in [-0.39, 0.29) is 0 Å². The van der Waals surface area contributed by atoms with Crippen LogP contribution < -0.4 is 10.2 Å². The van der Waals surface area contributed by atoms with Gasteiger partial charge in [0.2, 0.25) is 0 Å². The van der Waals surface area contributed by atoms with Crippen molar-refractivity contribution in [1.29, 1.82) is 0 Å². The van der Waals surface area contributed by atoms with E-state index in [9.17, 15) is 0 Å². The first-order valence-corrected chi connectivity index (χ1v) is 14.5. The van der Waals surface area contributed by atoms with Crippen molar-refractivity contribution in [3.63, 3.8) is 0 Å². The van der Waals surface area contributed by atoms with Gasteiger partial charge in [0.05, 0.1) is 6.54 Å². The van der Waals surface area contributed by atoms with Gasteiger partial charge in [0.25, 0.3) is 0 Å². The highest BCUT2D eigenvalue weighted by Gasteiger charge is 2.22. The van der Waals surface area contributed by atoms with Crippen LogP contribution in [0.15, 0.2) is 139 Å². The average molecular weight is 531 g/mol. The summed E-state index contributed by atoms with van der Waals surface area (Å²) in [7, 11) is 0. The van der Waals surface area contributed by atoms with Crippen molar-refractivity contribution in [3.05, 3.63) is 150 Å². The number of fused-ring (bicyclic) bond motifs is 5. The lowest BCUT2D eigenvalue weighted by molar-refractivity contribution is 0.792. The van der Waals surface area contributed by atoms with E-state index in [1.165, 1.54) is 53.2 Å². The number of nitrogens with zero attached hydrogens (tertiary/aromatic N) is 1. The Balaban J connectivity index is 1.22. The molecule has 6 aromatic carbocycles. The van der Waals surface area contributed by atoms with Crippen LogP contribution in [-0.2, 0) is 6.54 Å². The fourth-order valence-electron chi connectivity index (χ4n) is 5.82. The first-order valence-electron chi connectivity index (χ1n) is 13.6. The summed E-state index contributed by atoms with van der Waals surface area (Å²) in [5, 5.41) is 10.2. The molecule has 7 aromatic rings. The third-order valence-electron chi connectivity index (χ3n) is 7.85. The van der Waals surface area contributed by atoms with Gasteiger partial charge < -0.3 is 5.32 Å². The first kappa shape index (κ1) is 23.1. The van der Waals surface area contributed by atoms with Crippen molar-refractivity contribution in [3.8, 4) is 11.1 Å². The number of anilines is 2. The maximum Gasteiger partial charge on any atom is 0.111 e. The third kappa shape index (κ3) is 3.95. The molecule has 0 bridgehead atoms. The third-order valence-corrected chi connectivity index (χ3v) is 9.01. The van der Waals surface area contributed by atoms with Gasteiger partial charge in [0.1, 0.15) is 5.82 Å². The summed E-state index contributed by atoms with van der Waals surface area (Å²) in [6.45, 7) is 0.815. The molecule has 1 aromatic heterocycles. The summed E-state index contributed by atoms with van der Waals surface area (Å²) in [6, 6.07) is 48.1. The van der Waals surface area contributed by atoms with Gasteiger partial charge in [-0.05, 0) is 81.2 Å². The molecule has 0 saturated heterocycles. The molecule has 8 rings (SSSR count). The average Bonchev–Trinajstić information content (AvgIpc) is 3.37.